The highest BCUT2D eigenvalue weighted by Gasteiger charge is 2.38. The smallest absolute Gasteiger partial charge is 0.310 e. The van der Waals surface area contributed by atoms with E-state index in [4.69, 9.17) is 33.8 Å². The maximum absolute atomic E-state index is 13.6. The number of rotatable bonds is 10. The summed E-state index contributed by atoms with van der Waals surface area (Å²) in [6.07, 6.45) is 4.18. The summed E-state index contributed by atoms with van der Waals surface area (Å²) in [7, 11) is 0. The lowest BCUT2D eigenvalue weighted by atomic mass is 9.83. The molecule has 1 aliphatic heterocycles. The van der Waals surface area contributed by atoms with E-state index < -0.39 is 6.04 Å². The van der Waals surface area contributed by atoms with Gasteiger partial charge in [0.1, 0.15) is 6.04 Å². The number of nitrogens with one attached hydrogen (secondary N) is 1. The third-order valence-electron chi connectivity index (χ3n) is 7.01. The van der Waals surface area contributed by atoms with E-state index in [1.807, 2.05) is 6.92 Å². The number of amides is 2. The number of esters is 1. The fraction of sp³-hybridized carbons (Fsp3) is 0.640. The van der Waals surface area contributed by atoms with Crippen molar-refractivity contribution in [3.8, 4) is 0 Å². The topological polar surface area (TPSA) is 130 Å². The number of hydrogen-bond acceptors (Lipinski definition) is 7. The number of carbonyl (C=O) groups is 3. The molecule has 1 saturated heterocycles. The van der Waals surface area contributed by atoms with E-state index in [-0.39, 0.29) is 49.1 Å². The van der Waals surface area contributed by atoms with Crippen molar-refractivity contribution in [2.75, 3.05) is 39.3 Å². The first-order valence-corrected chi connectivity index (χ1v) is 13.6. The van der Waals surface area contributed by atoms with Crippen LogP contribution in [-0.4, -0.2) is 79.0 Å². The first kappa shape index (κ1) is 29.1. The molecule has 2 amide bonds. The average Bonchev–Trinajstić information content (AvgIpc) is 2.89. The molecule has 12 heteroatoms. The Morgan fingerprint density at radius 1 is 1.16 bits per heavy atom. The highest BCUT2D eigenvalue weighted by molar-refractivity contribution is 6.35. The second-order valence-corrected chi connectivity index (χ2v) is 10.2. The zero-order valence-electron chi connectivity index (χ0n) is 21.2. The Labute approximate surface area is 227 Å². The van der Waals surface area contributed by atoms with Crippen LogP contribution in [0.4, 0.5) is 0 Å². The predicted molar refractivity (Wildman–Crippen MR) is 141 cm³/mol. The van der Waals surface area contributed by atoms with Crippen LogP contribution in [0.3, 0.4) is 0 Å². The van der Waals surface area contributed by atoms with Crippen LogP contribution in [0.5, 0.6) is 0 Å². The molecule has 1 aromatic carbocycles. The van der Waals surface area contributed by atoms with Gasteiger partial charge in [0.2, 0.25) is 11.8 Å². The number of benzene rings is 1. The van der Waals surface area contributed by atoms with Crippen molar-refractivity contribution in [3.05, 3.63) is 33.8 Å². The van der Waals surface area contributed by atoms with Gasteiger partial charge in [0.25, 0.3) is 0 Å². The van der Waals surface area contributed by atoms with Crippen LogP contribution in [-0.2, 0) is 25.5 Å². The minimum atomic E-state index is -0.797. The molecule has 0 bridgehead atoms. The molecular formula is C25H36Cl2N6O4. The third-order valence-corrected chi connectivity index (χ3v) is 7.59. The van der Waals surface area contributed by atoms with E-state index in [0.717, 1.165) is 25.7 Å². The Morgan fingerprint density at radius 3 is 2.57 bits per heavy atom. The van der Waals surface area contributed by atoms with E-state index in [2.05, 4.69) is 20.6 Å². The molecule has 2 aliphatic rings. The molecule has 2 fully saturated rings. The normalized spacial score (nSPS) is 21.5. The number of carbonyl (C=O) groups excluding carboxylic acids is 3. The fourth-order valence-corrected chi connectivity index (χ4v) is 5.64. The summed E-state index contributed by atoms with van der Waals surface area (Å²) in [6, 6.07) is 4.42. The third kappa shape index (κ3) is 8.28. The highest BCUT2D eigenvalue weighted by Crippen LogP contribution is 2.30. The maximum Gasteiger partial charge on any atom is 0.310 e. The molecule has 0 spiro atoms. The fourth-order valence-electron chi connectivity index (χ4n) is 5.15. The summed E-state index contributed by atoms with van der Waals surface area (Å²) >= 11 is 12.4. The molecule has 1 heterocycles. The van der Waals surface area contributed by atoms with E-state index in [1.165, 1.54) is 0 Å². The summed E-state index contributed by atoms with van der Waals surface area (Å²) in [5.74, 6) is 4.26. The Hall–Kier alpha value is -2.43. The molecule has 0 aromatic heterocycles. The Morgan fingerprint density at radius 2 is 1.89 bits per heavy atom. The van der Waals surface area contributed by atoms with Gasteiger partial charge in [-0.25, -0.2) is 0 Å². The monoisotopic (exact) mass is 554 g/mol. The van der Waals surface area contributed by atoms with Crippen LogP contribution in [0.2, 0.25) is 10.0 Å². The van der Waals surface area contributed by atoms with Gasteiger partial charge in [-0.1, -0.05) is 47.3 Å². The number of ether oxygens (including phenoxy) is 1. The molecular weight excluding hydrogens is 519 g/mol. The Bertz CT molecular complexity index is 971. The molecule has 3 atom stereocenters. The van der Waals surface area contributed by atoms with Crippen molar-refractivity contribution in [2.45, 2.75) is 57.5 Å². The zero-order valence-corrected chi connectivity index (χ0v) is 22.7. The largest absolute Gasteiger partial charge is 0.466 e. The first-order valence-electron chi connectivity index (χ1n) is 12.8. The maximum atomic E-state index is 13.6. The van der Waals surface area contributed by atoms with Crippen LogP contribution >= 0.6 is 23.2 Å². The van der Waals surface area contributed by atoms with Gasteiger partial charge in [0.15, 0.2) is 0 Å². The molecule has 3 rings (SSSR count). The molecule has 204 valence electrons. The summed E-state index contributed by atoms with van der Waals surface area (Å²) in [5.41, 5.74) is 0.712. The van der Waals surface area contributed by atoms with Crippen LogP contribution < -0.4 is 11.2 Å². The molecule has 1 aliphatic carbocycles. The minimum absolute atomic E-state index is 0.0591. The van der Waals surface area contributed by atoms with Gasteiger partial charge < -0.3 is 20.8 Å². The number of halogens is 2. The summed E-state index contributed by atoms with van der Waals surface area (Å²) in [5, 5.41) is 10.5. The second kappa shape index (κ2) is 14.5. The van der Waals surface area contributed by atoms with E-state index in [9.17, 15) is 14.4 Å². The van der Waals surface area contributed by atoms with Crippen molar-refractivity contribution in [3.63, 3.8) is 0 Å². The minimum Gasteiger partial charge on any atom is -0.466 e. The van der Waals surface area contributed by atoms with Gasteiger partial charge in [-0.3, -0.25) is 19.3 Å². The standard InChI is InChI=1S/C25H36Cl2N6O4/c1-2-37-25(36)19-5-3-4-6-22(19)32-11-13-33(14-12-32)24(35)21(30-23(34)9-10-29-31-28)15-17-7-8-18(26)16-20(17)27/h7-8,16,19,21-22H,2-6,9-15H2,1H3,(H2,28,29)(H,30,34)/t19-,21-,22-/m1/s1. The van der Waals surface area contributed by atoms with Gasteiger partial charge in [-0.2, -0.15) is 5.11 Å². The SMILES string of the molecule is CCOC(=O)[C@@H]1CCCC[C@H]1N1CCN(C(=O)[C@@H](Cc2ccc(Cl)cc2Cl)NC(=O)CCN=NN)CC1. The van der Waals surface area contributed by atoms with E-state index in [0.29, 0.717) is 48.4 Å². The molecule has 10 nitrogen and oxygen atoms in total. The summed E-state index contributed by atoms with van der Waals surface area (Å²) in [4.78, 5) is 42.7. The van der Waals surface area contributed by atoms with Crippen LogP contribution in [0.15, 0.2) is 28.5 Å². The predicted octanol–water partition coefficient (Wildman–Crippen LogP) is 3.00. The first-order chi connectivity index (χ1) is 17.8. The lowest BCUT2D eigenvalue weighted by Crippen LogP contribution is -2.58. The van der Waals surface area contributed by atoms with E-state index >= 15 is 0 Å². The van der Waals surface area contributed by atoms with E-state index in [1.54, 1.807) is 23.1 Å². The second-order valence-electron chi connectivity index (χ2n) is 9.36. The molecule has 0 unspecified atom stereocenters. The number of piperazine rings is 1. The van der Waals surface area contributed by atoms with Crippen molar-refractivity contribution < 1.29 is 19.1 Å². The highest BCUT2D eigenvalue weighted by atomic mass is 35.5. The zero-order chi connectivity index (χ0) is 26.8. The van der Waals surface area contributed by atoms with Crippen molar-refractivity contribution in [1.82, 2.24) is 15.1 Å². The lowest BCUT2D eigenvalue weighted by molar-refractivity contribution is -0.153. The molecule has 3 N–H and O–H groups in total. The van der Waals surface area contributed by atoms with Crippen LogP contribution in [0.1, 0.15) is 44.6 Å². The average molecular weight is 556 g/mol. The van der Waals surface area contributed by atoms with Crippen LogP contribution in [0.25, 0.3) is 0 Å². The van der Waals surface area contributed by atoms with Gasteiger partial charge in [0, 0.05) is 55.1 Å². The van der Waals surface area contributed by atoms with Gasteiger partial charge in [0.05, 0.1) is 19.1 Å². The van der Waals surface area contributed by atoms with Gasteiger partial charge >= 0.3 is 5.97 Å². The van der Waals surface area contributed by atoms with Crippen molar-refractivity contribution in [2.24, 2.45) is 22.1 Å². The molecule has 1 aromatic rings. The van der Waals surface area contributed by atoms with Crippen molar-refractivity contribution >= 4 is 41.0 Å². The number of nitrogens with two attached hydrogens (primary N) is 1. The molecule has 1 saturated carbocycles. The van der Waals surface area contributed by atoms with Gasteiger partial charge in [-0.05, 0) is 37.5 Å². The van der Waals surface area contributed by atoms with Crippen LogP contribution in [0, 0.1) is 5.92 Å². The summed E-state index contributed by atoms with van der Waals surface area (Å²) < 4.78 is 5.33. The Kier molecular flexibility index (Phi) is 11.4. The Balaban J connectivity index is 1.66. The number of hydrogen-bond donors (Lipinski definition) is 2. The molecule has 37 heavy (non-hydrogen) atoms. The molecule has 0 radical (unpaired) electrons. The quantitative estimate of drug-likeness (QED) is 0.198. The summed E-state index contributed by atoms with van der Waals surface area (Å²) in [6.45, 7) is 4.67. The van der Waals surface area contributed by atoms with Gasteiger partial charge in [-0.15, -0.1) is 0 Å². The van der Waals surface area contributed by atoms with Crippen molar-refractivity contribution in [1.29, 1.82) is 0 Å². The number of nitrogens with zero attached hydrogens (tertiary/aromatic N) is 4. The lowest BCUT2D eigenvalue weighted by Gasteiger charge is -2.44.